The topological polar surface area (TPSA) is 95.5 Å². The van der Waals surface area contributed by atoms with Crippen molar-refractivity contribution in [3.63, 3.8) is 0 Å². The number of alkyl halides is 1. The van der Waals surface area contributed by atoms with Gasteiger partial charge in [0.15, 0.2) is 4.51 Å². The number of carbonyl (C=O) groups excluding carboxylic acids is 1. The van der Waals surface area contributed by atoms with Gasteiger partial charge in [0.2, 0.25) is 5.91 Å². The van der Waals surface area contributed by atoms with Gasteiger partial charge in [0, 0.05) is 18.7 Å². The number of H-pyrrole nitrogens is 1. The van der Waals surface area contributed by atoms with Crippen molar-refractivity contribution in [3.8, 4) is 0 Å². The maximum atomic E-state index is 12.9. The SMILES string of the molecule is O=C(O)[C@@H]1[C@@H]2C(=O)N3CCc4[nH]cnc4[C@@H]3[C@@]23C=C[C@]1(Br)O3. The number of imidazole rings is 1. The Bertz CT molecular complexity index is 761. The quantitative estimate of drug-likeness (QED) is 0.561. The summed E-state index contributed by atoms with van der Waals surface area (Å²) in [4.78, 5) is 33.8. The Morgan fingerprint density at radius 3 is 3.14 bits per heavy atom. The predicted octanol–water partition coefficient (Wildman–Crippen LogP) is 0.596. The van der Waals surface area contributed by atoms with Crippen molar-refractivity contribution in [1.82, 2.24) is 14.9 Å². The molecule has 0 aliphatic carbocycles. The second kappa shape index (κ2) is 3.62. The molecule has 1 amide bonds. The number of fused-ring (bicyclic) bond motifs is 4. The third kappa shape index (κ3) is 1.18. The monoisotopic (exact) mass is 365 g/mol. The van der Waals surface area contributed by atoms with Gasteiger partial charge in [-0.25, -0.2) is 4.98 Å². The normalized spacial score (nSPS) is 44.1. The highest BCUT2D eigenvalue weighted by Crippen LogP contribution is 2.65. The second-order valence-electron chi connectivity index (χ2n) is 6.23. The zero-order chi connectivity index (χ0) is 15.3. The predicted molar refractivity (Wildman–Crippen MR) is 76.0 cm³/mol. The van der Waals surface area contributed by atoms with E-state index in [9.17, 15) is 14.7 Å². The first kappa shape index (κ1) is 12.8. The van der Waals surface area contributed by atoms with E-state index in [0.717, 1.165) is 11.4 Å². The lowest BCUT2D eigenvalue weighted by Gasteiger charge is -2.35. The summed E-state index contributed by atoms with van der Waals surface area (Å²) in [6.07, 6.45) is 5.88. The smallest absolute Gasteiger partial charge is 0.311 e. The Hall–Kier alpha value is -1.67. The molecule has 2 N–H and O–H groups in total. The number of aromatic amines is 1. The van der Waals surface area contributed by atoms with Crippen molar-refractivity contribution in [2.75, 3.05) is 6.54 Å². The van der Waals surface area contributed by atoms with Gasteiger partial charge >= 0.3 is 5.97 Å². The highest BCUT2D eigenvalue weighted by molar-refractivity contribution is 9.10. The molecule has 2 saturated heterocycles. The maximum Gasteiger partial charge on any atom is 0.311 e. The molecular formula is C14H12BrN3O4. The van der Waals surface area contributed by atoms with E-state index < -0.39 is 27.9 Å². The van der Waals surface area contributed by atoms with E-state index in [2.05, 4.69) is 25.9 Å². The summed E-state index contributed by atoms with van der Waals surface area (Å²) in [5.41, 5.74) is 0.829. The zero-order valence-electron chi connectivity index (χ0n) is 11.3. The summed E-state index contributed by atoms with van der Waals surface area (Å²) >= 11 is 3.39. The van der Waals surface area contributed by atoms with E-state index in [0.29, 0.717) is 13.0 Å². The van der Waals surface area contributed by atoms with Gasteiger partial charge in [-0.15, -0.1) is 0 Å². The van der Waals surface area contributed by atoms with Gasteiger partial charge in [0.25, 0.3) is 0 Å². The summed E-state index contributed by atoms with van der Waals surface area (Å²) in [6.45, 7) is 0.551. The first-order chi connectivity index (χ1) is 10.5. The fourth-order valence-corrected chi connectivity index (χ4v) is 5.39. The van der Waals surface area contributed by atoms with Crippen molar-refractivity contribution in [1.29, 1.82) is 0 Å². The average Bonchev–Trinajstić information content (AvgIpc) is 3.16. The van der Waals surface area contributed by atoms with Crippen LogP contribution in [0.2, 0.25) is 0 Å². The van der Waals surface area contributed by atoms with E-state index in [1.165, 1.54) is 0 Å². The maximum absolute atomic E-state index is 12.9. The molecule has 2 fully saturated rings. The van der Waals surface area contributed by atoms with Crippen LogP contribution in [0.25, 0.3) is 0 Å². The number of nitrogens with one attached hydrogen (secondary N) is 1. The van der Waals surface area contributed by atoms with Crippen molar-refractivity contribution in [2.45, 2.75) is 22.6 Å². The van der Waals surface area contributed by atoms with Crippen molar-refractivity contribution < 1.29 is 19.4 Å². The van der Waals surface area contributed by atoms with E-state index >= 15 is 0 Å². The van der Waals surface area contributed by atoms with Gasteiger partial charge in [0.1, 0.15) is 17.6 Å². The van der Waals surface area contributed by atoms with Crippen LogP contribution in [-0.4, -0.2) is 48.5 Å². The molecule has 5 heterocycles. The van der Waals surface area contributed by atoms with Crippen molar-refractivity contribution in [2.24, 2.45) is 11.8 Å². The number of rotatable bonds is 1. The Labute approximate surface area is 133 Å². The standard InChI is InChI=1S/C14H12BrN3O4/c15-14-3-2-13(22-14)7(8(14)12(20)21)11(19)18-4-1-6-9(10(13)18)17-5-16-6/h2-3,5,7-8,10H,1,4H2,(H,16,17)(H,20,21)/t7-,8+,10-,13-,14+/m1/s1. The van der Waals surface area contributed by atoms with E-state index in [4.69, 9.17) is 4.74 Å². The molecule has 1 spiro atoms. The third-order valence-electron chi connectivity index (χ3n) is 5.32. The molecule has 1 aromatic heterocycles. The lowest BCUT2D eigenvalue weighted by molar-refractivity contribution is -0.149. The molecular weight excluding hydrogens is 354 g/mol. The molecule has 5 rings (SSSR count). The van der Waals surface area contributed by atoms with Gasteiger partial charge in [-0.1, -0.05) is 0 Å². The van der Waals surface area contributed by atoms with Gasteiger partial charge < -0.3 is 19.7 Å². The molecule has 114 valence electrons. The largest absolute Gasteiger partial charge is 0.481 e. The van der Waals surface area contributed by atoms with Crippen LogP contribution in [0.15, 0.2) is 18.5 Å². The van der Waals surface area contributed by atoms with Gasteiger partial charge in [0.05, 0.1) is 17.9 Å². The van der Waals surface area contributed by atoms with E-state index in [1.807, 2.05) is 6.08 Å². The van der Waals surface area contributed by atoms with Crippen LogP contribution in [0.5, 0.6) is 0 Å². The fourth-order valence-electron chi connectivity index (χ4n) is 4.52. The van der Waals surface area contributed by atoms with Crippen LogP contribution in [-0.2, 0) is 20.7 Å². The molecule has 0 radical (unpaired) electrons. The van der Waals surface area contributed by atoms with Crippen LogP contribution >= 0.6 is 15.9 Å². The minimum atomic E-state index is -1.11. The van der Waals surface area contributed by atoms with E-state index in [-0.39, 0.29) is 11.9 Å². The molecule has 4 aliphatic rings. The number of halogens is 1. The summed E-state index contributed by atoms with van der Waals surface area (Å²) in [5.74, 6) is -2.83. The van der Waals surface area contributed by atoms with E-state index in [1.54, 1.807) is 17.3 Å². The summed E-state index contributed by atoms with van der Waals surface area (Å²) in [7, 11) is 0. The molecule has 22 heavy (non-hydrogen) atoms. The molecule has 8 heteroatoms. The summed E-state index contributed by atoms with van der Waals surface area (Å²) in [6, 6.07) is -0.361. The minimum absolute atomic E-state index is 0.156. The number of aliphatic carboxylic acids is 1. The number of nitrogens with zero attached hydrogens (tertiary/aromatic N) is 2. The molecule has 0 saturated carbocycles. The lowest BCUT2D eigenvalue weighted by Crippen LogP contribution is -2.42. The van der Waals surface area contributed by atoms with Crippen LogP contribution in [0.1, 0.15) is 17.4 Å². The number of hydrogen-bond acceptors (Lipinski definition) is 4. The summed E-state index contributed by atoms with van der Waals surface area (Å²) < 4.78 is 5.01. The van der Waals surface area contributed by atoms with Gasteiger partial charge in [-0.3, -0.25) is 9.59 Å². The molecule has 7 nitrogen and oxygen atoms in total. The van der Waals surface area contributed by atoms with Crippen molar-refractivity contribution >= 4 is 27.8 Å². The van der Waals surface area contributed by atoms with Crippen LogP contribution in [0.4, 0.5) is 0 Å². The highest BCUT2D eigenvalue weighted by atomic mass is 79.9. The van der Waals surface area contributed by atoms with Crippen molar-refractivity contribution in [3.05, 3.63) is 29.9 Å². The van der Waals surface area contributed by atoms with Crippen LogP contribution in [0.3, 0.4) is 0 Å². The average molecular weight is 366 g/mol. The van der Waals surface area contributed by atoms with Gasteiger partial charge in [-0.05, 0) is 28.1 Å². The Balaban J connectivity index is 1.74. The molecule has 1 aromatic rings. The number of carboxylic acids is 1. The molecule has 2 bridgehead atoms. The number of aromatic nitrogens is 2. The number of carbonyl (C=O) groups is 2. The number of hydrogen-bond donors (Lipinski definition) is 2. The zero-order valence-corrected chi connectivity index (χ0v) is 12.9. The summed E-state index contributed by atoms with van der Waals surface area (Å²) in [5, 5.41) is 9.61. The minimum Gasteiger partial charge on any atom is -0.481 e. The third-order valence-corrected chi connectivity index (χ3v) is 6.23. The Morgan fingerprint density at radius 2 is 2.36 bits per heavy atom. The Kier molecular flexibility index (Phi) is 2.11. The molecule has 0 unspecified atom stereocenters. The second-order valence-corrected chi connectivity index (χ2v) is 7.47. The number of carboxylic acid groups (broad SMARTS) is 1. The molecule has 5 atom stereocenters. The van der Waals surface area contributed by atoms with Gasteiger partial charge in [-0.2, -0.15) is 0 Å². The van der Waals surface area contributed by atoms with Crippen LogP contribution < -0.4 is 0 Å². The number of amides is 1. The Morgan fingerprint density at radius 1 is 1.55 bits per heavy atom. The van der Waals surface area contributed by atoms with Crippen LogP contribution in [0, 0.1) is 11.8 Å². The first-order valence-corrected chi connectivity index (χ1v) is 7.92. The highest BCUT2D eigenvalue weighted by Gasteiger charge is 2.76. The number of ether oxygens (including phenoxy) is 1. The molecule has 0 aromatic carbocycles. The fraction of sp³-hybridized carbons (Fsp3) is 0.500. The lowest BCUT2D eigenvalue weighted by atomic mass is 9.74. The molecule has 4 aliphatic heterocycles. The first-order valence-electron chi connectivity index (χ1n) is 7.13.